The van der Waals surface area contributed by atoms with Gasteiger partial charge in [-0.05, 0) is 31.7 Å². The van der Waals surface area contributed by atoms with Gasteiger partial charge in [0, 0.05) is 23.4 Å². The molecule has 1 aromatic carbocycles. The lowest BCUT2D eigenvalue weighted by Gasteiger charge is -2.12. The van der Waals surface area contributed by atoms with E-state index in [1.54, 1.807) is 15.9 Å². The van der Waals surface area contributed by atoms with Gasteiger partial charge in [-0.2, -0.15) is 0 Å². The Kier molecular flexibility index (Phi) is 3.92. The van der Waals surface area contributed by atoms with Crippen LogP contribution in [0.4, 0.5) is 0 Å². The van der Waals surface area contributed by atoms with Crippen LogP contribution in [0.2, 0.25) is 0 Å². The molecule has 0 radical (unpaired) electrons. The summed E-state index contributed by atoms with van der Waals surface area (Å²) in [6.45, 7) is 2.27. The number of rotatable bonds is 4. The largest absolute Gasteiger partial charge is 0.370 e. The molecule has 4 rings (SSSR count). The van der Waals surface area contributed by atoms with E-state index in [4.69, 9.17) is 10.7 Å². The Morgan fingerprint density at radius 3 is 2.76 bits per heavy atom. The van der Waals surface area contributed by atoms with Gasteiger partial charge in [0.05, 0.1) is 5.39 Å². The number of carbonyl (C=O) groups excluding carboxylic acids is 1. The van der Waals surface area contributed by atoms with E-state index in [0.717, 1.165) is 46.2 Å². The molecule has 1 aliphatic carbocycles. The van der Waals surface area contributed by atoms with Crippen molar-refractivity contribution in [1.29, 1.82) is 0 Å². The predicted octanol–water partition coefficient (Wildman–Crippen LogP) is 2.80. The number of benzene rings is 1. The summed E-state index contributed by atoms with van der Waals surface area (Å²) >= 11 is 1.63. The molecule has 1 aliphatic rings. The molecule has 2 aromatic heterocycles. The maximum atomic E-state index is 13.2. The number of aromatic nitrogens is 2. The molecule has 5 nitrogen and oxygen atoms in total. The van der Waals surface area contributed by atoms with E-state index >= 15 is 0 Å². The van der Waals surface area contributed by atoms with Crippen molar-refractivity contribution in [3.8, 4) is 11.4 Å². The van der Waals surface area contributed by atoms with Gasteiger partial charge in [0.2, 0.25) is 5.91 Å². The summed E-state index contributed by atoms with van der Waals surface area (Å²) in [6, 6.07) is 7.92. The average Bonchev–Trinajstić information content (AvgIpc) is 3.14. The highest BCUT2D eigenvalue weighted by molar-refractivity contribution is 7.18. The van der Waals surface area contributed by atoms with Gasteiger partial charge in [0.15, 0.2) is 0 Å². The summed E-state index contributed by atoms with van der Waals surface area (Å²) in [5.41, 5.74) is 8.43. The van der Waals surface area contributed by atoms with Crippen molar-refractivity contribution >= 4 is 27.5 Å². The van der Waals surface area contributed by atoms with Gasteiger partial charge in [-0.15, -0.1) is 11.3 Å². The van der Waals surface area contributed by atoms with Crippen LogP contribution in [-0.2, 0) is 24.2 Å². The molecule has 0 saturated heterocycles. The minimum Gasteiger partial charge on any atom is -0.370 e. The number of nitrogens with zero attached hydrogens (tertiary/aromatic N) is 2. The Morgan fingerprint density at radius 1 is 1.28 bits per heavy atom. The third kappa shape index (κ3) is 2.76. The van der Waals surface area contributed by atoms with Crippen molar-refractivity contribution in [2.75, 3.05) is 0 Å². The SMILES string of the molecule is Cc1ccc(-c2nc3sc4c(c3c(=O)n2CCC(N)=O)CCC4)cc1. The summed E-state index contributed by atoms with van der Waals surface area (Å²) in [7, 11) is 0. The van der Waals surface area contributed by atoms with Gasteiger partial charge in [-0.1, -0.05) is 29.8 Å². The lowest BCUT2D eigenvalue weighted by atomic mass is 10.1. The highest BCUT2D eigenvalue weighted by Crippen LogP contribution is 2.35. The molecule has 128 valence electrons. The maximum Gasteiger partial charge on any atom is 0.262 e. The van der Waals surface area contributed by atoms with Crippen molar-refractivity contribution in [1.82, 2.24) is 9.55 Å². The number of hydrogen-bond acceptors (Lipinski definition) is 4. The van der Waals surface area contributed by atoms with Gasteiger partial charge in [0.25, 0.3) is 5.56 Å². The van der Waals surface area contributed by atoms with Gasteiger partial charge >= 0.3 is 0 Å². The quantitative estimate of drug-likeness (QED) is 0.783. The summed E-state index contributed by atoms with van der Waals surface area (Å²) in [5, 5.41) is 0.734. The second-order valence-corrected chi connectivity index (χ2v) is 7.60. The van der Waals surface area contributed by atoms with Crippen LogP contribution in [0, 0.1) is 6.92 Å². The second-order valence-electron chi connectivity index (χ2n) is 6.51. The fraction of sp³-hybridized carbons (Fsp3) is 0.316. The van der Waals surface area contributed by atoms with E-state index in [2.05, 4.69) is 0 Å². The topological polar surface area (TPSA) is 78.0 Å². The number of fused-ring (bicyclic) bond motifs is 3. The molecule has 0 fully saturated rings. The molecular weight excluding hydrogens is 334 g/mol. The Bertz CT molecular complexity index is 1030. The zero-order valence-corrected chi connectivity index (χ0v) is 14.9. The molecule has 3 aromatic rings. The van der Waals surface area contributed by atoms with Gasteiger partial charge in [-0.3, -0.25) is 14.2 Å². The molecule has 1 amide bonds. The van der Waals surface area contributed by atoms with Crippen LogP contribution in [0.5, 0.6) is 0 Å². The Labute approximate surface area is 149 Å². The number of hydrogen-bond donors (Lipinski definition) is 1. The Hall–Kier alpha value is -2.47. The number of aryl methyl sites for hydroxylation is 3. The first-order chi connectivity index (χ1) is 12.0. The third-order valence-corrected chi connectivity index (χ3v) is 5.90. The van der Waals surface area contributed by atoms with E-state index in [9.17, 15) is 9.59 Å². The van der Waals surface area contributed by atoms with Crippen LogP contribution in [0.25, 0.3) is 21.6 Å². The summed E-state index contributed by atoms with van der Waals surface area (Å²) < 4.78 is 1.61. The number of carbonyl (C=O) groups is 1. The monoisotopic (exact) mass is 353 g/mol. The van der Waals surface area contributed by atoms with Crippen molar-refractivity contribution < 1.29 is 4.79 Å². The van der Waals surface area contributed by atoms with E-state index in [1.165, 1.54) is 4.88 Å². The molecule has 0 aliphatic heterocycles. The van der Waals surface area contributed by atoms with Crippen LogP contribution >= 0.6 is 11.3 Å². The Balaban J connectivity index is 1.96. The first-order valence-electron chi connectivity index (χ1n) is 8.45. The van der Waals surface area contributed by atoms with Gasteiger partial charge < -0.3 is 5.73 Å². The molecule has 0 atom stereocenters. The van der Waals surface area contributed by atoms with Crippen LogP contribution in [0.1, 0.15) is 28.8 Å². The van der Waals surface area contributed by atoms with Crippen LogP contribution in [-0.4, -0.2) is 15.5 Å². The highest BCUT2D eigenvalue weighted by atomic mass is 32.1. The fourth-order valence-corrected chi connectivity index (χ4v) is 4.68. The molecule has 0 spiro atoms. The van der Waals surface area contributed by atoms with E-state index < -0.39 is 5.91 Å². The summed E-state index contributed by atoms with van der Waals surface area (Å²) in [5.74, 6) is 0.191. The third-order valence-electron chi connectivity index (χ3n) is 4.72. The Morgan fingerprint density at radius 2 is 2.04 bits per heavy atom. The molecular formula is C19H19N3O2S. The van der Waals surface area contributed by atoms with Crippen molar-refractivity contribution in [3.05, 3.63) is 50.6 Å². The zero-order valence-electron chi connectivity index (χ0n) is 14.0. The van der Waals surface area contributed by atoms with E-state index in [1.807, 2.05) is 31.2 Å². The standard InChI is InChI=1S/C19H19N3O2S/c1-11-5-7-12(8-6-11)17-21-18-16(13-3-2-4-14(13)25-18)19(24)22(17)10-9-15(20)23/h5-8H,2-4,9-10H2,1H3,(H2,20,23). The van der Waals surface area contributed by atoms with Gasteiger partial charge in [0.1, 0.15) is 10.7 Å². The van der Waals surface area contributed by atoms with Crippen LogP contribution in [0.3, 0.4) is 0 Å². The number of amides is 1. The molecule has 0 unspecified atom stereocenters. The molecule has 2 N–H and O–H groups in total. The van der Waals surface area contributed by atoms with Crippen molar-refractivity contribution in [3.63, 3.8) is 0 Å². The van der Waals surface area contributed by atoms with Crippen molar-refractivity contribution in [2.45, 2.75) is 39.2 Å². The number of nitrogens with two attached hydrogens (primary N) is 1. The lowest BCUT2D eigenvalue weighted by Crippen LogP contribution is -2.26. The minimum absolute atomic E-state index is 0.0544. The lowest BCUT2D eigenvalue weighted by molar-refractivity contribution is -0.118. The molecule has 25 heavy (non-hydrogen) atoms. The average molecular weight is 353 g/mol. The molecule has 2 heterocycles. The van der Waals surface area contributed by atoms with Gasteiger partial charge in [-0.25, -0.2) is 4.98 Å². The zero-order chi connectivity index (χ0) is 17.6. The van der Waals surface area contributed by atoms with E-state index in [0.29, 0.717) is 5.82 Å². The number of thiophene rings is 1. The second kappa shape index (κ2) is 6.11. The molecule has 6 heteroatoms. The molecule has 0 bridgehead atoms. The minimum atomic E-state index is -0.419. The first kappa shape index (κ1) is 16.0. The van der Waals surface area contributed by atoms with Crippen LogP contribution < -0.4 is 11.3 Å². The summed E-state index contributed by atoms with van der Waals surface area (Å²) in [4.78, 5) is 31.4. The van der Waals surface area contributed by atoms with Crippen LogP contribution in [0.15, 0.2) is 29.1 Å². The molecule has 0 saturated carbocycles. The highest BCUT2D eigenvalue weighted by Gasteiger charge is 2.23. The first-order valence-corrected chi connectivity index (χ1v) is 9.26. The maximum absolute atomic E-state index is 13.2. The predicted molar refractivity (Wildman–Crippen MR) is 99.9 cm³/mol. The normalized spacial score (nSPS) is 13.3. The fourth-order valence-electron chi connectivity index (χ4n) is 3.43. The summed E-state index contributed by atoms with van der Waals surface area (Å²) in [6.07, 6.45) is 3.18. The number of primary amides is 1. The smallest absolute Gasteiger partial charge is 0.262 e. The van der Waals surface area contributed by atoms with Crippen molar-refractivity contribution in [2.24, 2.45) is 5.73 Å². The van der Waals surface area contributed by atoms with E-state index in [-0.39, 0.29) is 18.5 Å².